The van der Waals surface area contributed by atoms with Crippen LogP contribution in [-0.2, 0) is 9.59 Å². The third-order valence-corrected chi connectivity index (χ3v) is 2.81. The second kappa shape index (κ2) is 6.46. The number of nitrogens with zero attached hydrogens (tertiary/aromatic N) is 1. The lowest BCUT2D eigenvalue weighted by molar-refractivity contribution is -0.144. The monoisotopic (exact) mass is 314 g/mol. The first-order chi connectivity index (χ1) is 10.3. The molecule has 0 unspecified atom stereocenters. The number of carbonyl (C=O) groups is 2. The fourth-order valence-corrected chi connectivity index (χ4v) is 1.74. The van der Waals surface area contributed by atoms with Crippen molar-refractivity contribution in [3.8, 4) is 0 Å². The summed E-state index contributed by atoms with van der Waals surface area (Å²) in [6, 6.07) is 5.06. The molecule has 0 radical (unpaired) electrons. The highest BCUT2D eigenvalue weighted by atomic mass is 19.4. The first-order valence-electron chi connectivity index (χ1n) is 6.40. The maximum atomic E-state index is 11.9. The van der Waals surface area contributed by atoms with Crippen LogP contribution in [-0.4, -0.2) is 34.7 Å². The molecule has 2 rings (SSSR count). The zero-order valence-corrected chi connectivity index (χ0v) is 11.3. The smallest absolute Gasteiger partial charge is 0.347 e. The zero-order valence-electron chi connectivity index (χ0n) is 11.3. The summed E-state index contributed by atoms with van der Waals surface area (Å²) < 4.78 is 35.8. The van der Waals surface area contributed by atoms with Crippen molar-refractivity contribution in [2.75, 3.05) is 11.9 Å². The van der Waals surface area contributed by atoms with Crippen LogP contribution in [0.2, 0.25) is 0 Å². The Kier molecular flexibility index (Phi) is 4.64. The van der Waals surface area contributed by atoms with Crippen molar-refractivity contribution in [1.82, 2.24) is 15.5 Å². The maximum Gasteiger partial charge on any atom is 0.389 e. The predicted octanol–water partition coefficient (Wildman–Crippen LogP) is 1.96. The first-order valence-corrected chi connectivity index (χ1v) is 6.40. The number of hydrogen-bond donors (Lipinski definition) is 3. The Hall–Kier alpha value is -2.58. The fraction of sp³-hybridized carbons (Fsp3) is 0.308. The molecule has 2 amide bonds. The first kappa shape index (κ1) is 15.8. The standard InChI is InChI=1S/C13H13F3N4O2/c14-13(15,16)4-3-11(21)17-7-12(22)19-9-2-1-8-6-18-20-10(8)5-9/h1-2,5-6H,3-4,7H2,(H,17,21)(H,18,20)(H,19,22). The van der Waals surface area contributed by atoms with Crippen molar-refractivity contribution in [3.05, 3.63) is 24.4 Å². The van der Waals surface area contributed by atoms with Crippen molar-refractivity contribution in [2.24, 2.45) is 0 Å². The van der Waals surface area contributed by atoms with Crippen LogP contribution in [0.25, 0.3) is 10.9 Å². The normalized spacial score (nSPS) is 11.4. The number of fused-ring (bicyclic) bond motifs is 1. The van der Waals surface area contributed by atoms with Crippen LogP contribution < -0.4 is 10.6 Å². The summed E-state index contributed by atoms with van der Waals surface area (Å²) in [5, 5.41) is 12.1. The van der Waals surface area contributed by atoms with E-state index in [1.54, 1.807) is 24.4 Å². The molecule has 0 aliphatic carbocycles. The Bertz CT molecular complexity index is 681. The van der Waals surface area contributed by atoms with E-state index < -0.39 is 37.4 Å². The molecule has 0 aliphatic rings. The van der Waals surface area contributed by atoms with Crippen molar-refractivity contribution in [2.45, 2.75) is 19.0 Å². The largest absolute Gasteiger partial charge is 0.389 e. The number of hydrogen-bond acceptors (Lipinski definition) is 3. The molecule has 2 aromatic rings. The van der Waals surface area contributed by atoms with Crippen LogP contribution in [0.3, 0.4) is 0 Å². The van der Waals surface area contributed by atoms with Crippen molar-refractivity contribution in [1.29, 1.82) is 0 Å². The Morgan fingerprint density at radius 1 is 1.23 bits per heavy atom. The van der Waals surface area contributed by atoms with Gasteiger partial charge in [-0.1, -0.05) is 0 Å². The van der Waals surface area contributed by atoms with E-state index in [1.165, 1.54) is 0 Å². The molecular weight excluding hydrogens is 301 g/mol. The molecule has 0 atom stereocenters. The van der Waals surface area contributed by atoms with Gasteiger partial charge in [-0.25, -0.2) is 0 Å². The van der Waals surface area contributed by atoms with E-state index in [4.69, 9.17) is 0 Å². The number of alkyl halides is 3. The van der Waals surface area contributed by atoms with Crippen molar-refractivity contribution < 1.29 is 22.8 Å². The summed E-state index contributed by atoms with van der Waals surface area (Å²) in [4.78, 5) is 22.8. The zero-order chi connectivity index (χ0) is 16.2. The van der Waals surface area contributed by atoms with Gasteiger partial charge in [0.1, 0.15) is 0 Å². The van der Waals surface area contributed by atoms with Gasteiger partial charge in [-0.2, -0.15) is 18.3 Å². The average molecular weight is 314 g/mol. The number of H-pyrrole nitrogens is 1. The molecule has 118 valence electrons. The van der Waals surface area contributed by atoms with E-state index in [9.17, 15) is 22.8 Å². The molecule has 0 saturated heterocycles. The molecule has 0 saturated carbocycles. The van der Waals surface area contributed by atoms with Gasteiger partial charge in [-0.3, -0.25) is 14.7 Å². The summed E-state index contributed by atoms with van der Waals surface area (Å²) in [6.07, 6.45) is -4.67. The average Bonchev–Trinajstić information content (AvgIpc) is 2.89. The van der Waals surface area contributed by atoms with E-state index in [-0.39, 0.29) is 0 Å². The maximum absolute atomic E-state index is 11.9. The molecule has 0 fully saturated rings. The predicted molar refractivity (Wildman–Crippen MR) is 73.0 cm³/mol. The summed E-state index contributed by atoms with van der Waals surface area (Å²) in [5.41, 5.74) is 1.22. The summed E-state index contributed by atoms with van der Waals surface area (Å²) in [6.45, 7) is -0.391. The van der Waals surface area contributed by atoms with Gasteiger partial charge in [-0.05, 0) is 18.2 Å². The Morgan fingerprint density at radius 2 is 2.00 bits per heavy atom. The second-order valence-electron chi connectivity index (χ2n) is 4.61. The molecule has 0 aliphatic heterocycles. The van der Waals surface area contributed by atoms with Gasteiger partial charge >= 0.3 is 6.18 Å². The molecule has 3 N–H and O–H groups in total. The number of aromatic nitrogens is 2. The molecule has 1 heterocycles. The summed E-state index contributed by atoms with van der Waals surface area (Å²) >= 11 is 0. The molecule has 22 heavy (non-hydrogen) atoms. The topological polar surface area (TPSA) is 86.9 Å². The van der Waals surface area contributed by atoms with E-state index >= 15 is 0 Å². The minimum absolute atomic E-state index is 0.391. The number of nitrogens with one attached hydrogen (secondary N) is 3. The van der Waals surface area contributed by atoms with Gasteiger partial charge in [-0.15, -0.1) is 0 Å². The Balaban J connectivity index is 1.79. The molecule has 1 aromatic carbocycles. The lowest BCUT2D eigenvalue weighted by atomic mass is 10.2. The molecule has 6 nitrogen and oxygen atoms in total. The minimum atomic E-state index is -4.39. The van der Waals surface area contributed by atoms with E-state index in [2.05, 4.69) is 20.8 Å². The van der Waals surface area contributed by atoms with Crippen LogP contribution in [0.5, 0.6) is 0 Å². The summed E-state index contributed by atoms with van der Waals surface area (Å²) in [7, 11) is 0. The fourth-order valence-electron chi connectivity index (χ4n) is 1.74. The number of halogens is 3. The van der Waals surface area contributed by atoms with Gasteiger partial charge < -0.3 is 10.6 Å². The Labute approximate surface area is 123 Å². The third-order valence-electron chi connectivity index (χ3n) is 2.81. The quantitative estimate of drug-likeness (QED) is 0.788. The van der Waals surface area contributed by atoms with Crippen LogP contribution in [0.15, 0.2) is 24.4 Å². The van der Waals surface area contributed by atoms with Gasteiger partial charge in [0.25, 0.3) is 0 Å². The van der Waals surface area contributed by atoms with E-state index in [0.29, 0.717) is 5.69 Å². The number of anilines is 1. The number of carbonyl (C=O) groups excluding carboxylic acids is 2. The van der Waals surface area contributed by atoms with Crippen LogP contribution in [0.1, 0.15) is 12.8 Å². The lowest BCUT2D eigenvalue weighted by Gasteiger charge is -2.08. The summed E-state index contributed by atoms with van der Waals surface area (Å²) in [5.74, 6) is -1.35. The highest BCUT2D eigenvalue weighted by Crippen LogP contribution is 2.21. The van der Waals surface area contributed by atoms with Gasteiger partial charge in [0.2, 0.25) is 11.8 Å². The van der Waals surface area contributed by atoms with Gasteiger partial charge in [0.05, 0.1) is 24.7 Å². The second-order valence-corrected chi connectivity index (χ2v) is 4.61. The minimum Gasteiger partial charge on any atom is -0.347 e. The molecule has 0 bridgehead atoms. The lowest BCUT2D eigenvalue weighted by Crippen LogP contribution is -2.33. The highest BCUT2D eigenvalue weighted by Gasteiger charge is 2.27. The number of benzene rings is 1. The van der Waals surface area contributed by atoms with Gasteiger partial charge in [0.15, 0.2) is 0 Å². The van der Waals surface area contributed by atoms with Gasteiger partial charge in [0, 0.05) is 17.5 Å². The van der Waals surface area contributed by atoms with Crippen molar-refractivity contribution >= 4 is 28.4 Å². The molecule has 9 heteroatoms. The number of aromatic amines is 1. The molecule has 1 aromatic heterocycles. The van der Waals surface area contributed by atoms with Crippen molar-refractivity contribution in [3.63, 3.8) is 0 Å². The highest BCUT2D eigenvalue weighted by molar-refractivity contribution is 5.96. The Morgan fingerprint density at radius 3 is 2.73 bits per heavy atom. The SMILES string of the molecule is O=C(CCC(F)(F)F)NCC(=O)Nc1ccc2cn[nH]c2c1. The number of amides is 2. The van der Waals surface area contributed by atoms with E-state index in [1.807, 2.05) is 0 Å². The number of rotatable bonds is 5. The van der Waals surface area contributed by atoms with Crippen LogP contribution in [0.4, 0.5) is 18.9 Å². The third kappa shape index (κ3) is 4.76. The van der Waals surface area contributed by atoms with E-state index in [0.717, 1.165) is 10.9 Å². The molecular formula is C13H13F3N4O2. The molecule has 0 spiro atoms. The van der Waals surface area contributed by atoms with Crippen LogP contribution in [0, 0.1) is 0 Å². The van der Waals surface area contributed by atoms with Crippen LogP contribution >= 0.6 is 0 Å².